The van der Waals surface area contributed by atoms with E-state index in [-0.39, 0.29) is 21.9 Å². The number of benzene rings is 1. The number of carbonyl (C=O) groups is 1. The molecule has 0 aliphatic rings. The van der Waals surface area contributed by atoms with Crippen LogP contribution in [0.4, 0.5) is 8.78 Å². The minimum Gasteiger partial charge on any atom is -0.461 e. The molecule has 0 amide bonds. The predicted octanol–water partition coefficient (Wildman–Crippen LogP) is 3.48. The van der Waals surface area contributed by atoms with Crippen molar-refractivity contribution in [2.24, 2.45) is 0 Å². The molecule has 1 atom stereocenters. The average molecular weight is 330 g/mol. The molecule has 0 N–H and O–H groups in total. The minimum absolute atomic E-state index is 0.0265. The van der Waals surface area contributed by atoms with Crippen LogP contribution in [0.3, 0.4) is 0 Å². The quantitative estimate of drug-likeness (QED) is 0.627. The number of halogens is 4. The average Bonchev–Trinajstić information content (AvgIpc) is 2.26. The lowest BCUT2D eigenvalue weighted by Gasteiger charge is -2.12. The van der Waals surface area contributed by atoms with E-state index in [0.717, 1.165) is 6.07 Å². The second-order valence-electron chi connectivity index (χ2n) is 2.88. The van der Waals surface area contributed by atoms with Crippen molar-refractivity contribution in [2.45, 2.75) is 13.3 Å². The molecule has 1 aromatic carbocycles. The largest absolute Gasteiger partial charge is 0.461 e. The lowest BCUT2D eigenvalue weighted by molar-refractivity contribution is -0.159. The van der Waals surface area contributed by atoms with Gasteiger partial charge in [0, 0.05) is 6.07 Å². The van der Waals surface area contributed by atoms with Crippen LogP contribution >= 0.6 is 27.5 Å². The second-order valence-corrected chi connectivity index (χ2v) is 4.14. The van der Waals surface area contributed by atoms with Crippen molar-refractivity contribution in [1.29, 1.82) is 0 Å². The third-order valence-corrected chi connectivity index (χ3v) is 2.59. The fourth-order valence-electron chi connectivity index (χ4n) is 0.962. The summed E-state index contributed by atoms with van der Waals surface area (Å²) in [6.07, 6.45) is -2.31. The molecule has 0 aromatic heterocycles. The zero-order chi connectivity index (χ0) is 13.0. The van der Waals surface area contributed by atoms with Crippen LogP contribution in [-0.2, 0) is 9.53 Å². The highest BCUT2D eigenvalue weighted by Gasteiger charge is 2.22. The normalized spacial score (nSPS) is 12.1. The molecule has 0 spiro atoms. The lowest BCUT2D eigenvalue weighted by Crippen LogP contribution is -2.24. The van der Waals surface area contributed by atoms with Gasteiger partial charge >= 0.3 is 12.3 Å². The van der Waals surface area contributed by atoms with Gasteiger partial charge < -0.3 is 9.47 Å². The van der Waals surface area contributed by atoms with E-state index in [0.29, 0.717) is 0 Å². The molecule has 7 heteroatoms. The Morgan fingerprint density at radius 3 is 2.82 bits per heavy atom. The van der Waals surface area contributed by atoms with Gasteiger partial charge in [-0.25, -0.2) is 9.18 Å². The lowest BCUT2D eigenvalue weighted by atomic mass is 10.3. The van der Waals surface area contributed by atoms with Gasteiger partial charge in [0.2, 0.25) is 0 Å². The summed E-state index contributed by atoms with van der Waals surface area (Å²) in [5.74, 6) is -2.12. The molecule has 0 aliphatic heterocycles. The molecule has 1 aromatic rings. The van der Waals surface area contributed by atoms with Crippen LogP contribution in [0.25, 0.3) is 0 Å². The van der Waals surface area contributed by atoms with Crippen LogP contribution in [0, 0.1) is 5.82 Å². The molecular weight excluding hydrogens is 321 g/mol. The molecule has 0 aliphatic carbocycles. The number of alkyl halides is 1. The predicted molar refractivity (Wildman–Crippen MR) is 61.3 cm³/mol. The summed E-state index contributed by atoms with van der Waals surface area (Å²) in [6, 6.07) is 2.07. The fourth-order valence-corrected chi connectivity index (χ4v) is 1.69. The van der Waals surface area contributed by atoms with Gasteiger partial charge in [-0.15, -0.1) is 0 Å². The highest BCUT2D eigenvalue weighted by molar-refractivity contribution is 9.10. The van der Waals surface area contributed by atoms with Gasteiger partial charge in [-0.2, -0.15) is 4.39 Å². The van der Waals surface area contributed by atoms with E-state index in [1.165, 1.54) is 13.0 Å². The number of carbonyl (C=O) groups excluding carboxylic acids is 1. The molecule has 17 heavy (non-hydrogen) atoms. The summed E-state index contributed by atoms with van der Waals surface area (Å²) in [7, 11) is 0. The molecular formula is C10H8BrClF2O3. The van der Waals surface area contributed by atoms with Gasteiger partial charge in [0.1, 0.15) is 11.6 Å². The summed E-state index contributed by atoms with van der Waals surface area (Å²) in [4.78, 5) is 11.0. The first kappa shape index (κ1) is 14.2. The first-order valence-corrected chi connectivity index (χ1v) is 5.74. The Morgan fingerprint density at radius 2 is 2.24 bits per heavy atom. The van der Waals surface area contributed by atoms with E-state index in [1.54, 1.807) is 0 Å². The molecule has 0 heterocycles. The van der Waals surface area contributed by atoms with E-state index < -0.39 is 18.1 Å². The zero-order valence-electron chi connectivity index (χ0n) is 8.68. The Bertz CT molecular complexity index is 428. The maximum Gasteiger partial charge on any atom is 0.381 e. The summed E-state index contributed by atoms with van der Waals surface area (Å²) in [5.41, 5.74) is 0. The second kappa shape index (κ2) is 6.16. The third kappa shape index (κ3) is 3.81. The van der Waals surface area contributed by atoms with E-state index >= 15 is 0 Å². The highest BCUT2D eigenvalue weighted by Crippen LogP contribution is 2.31. The van der Waals surface area contributed by atoms with Crippen LogP contribution in [0.1, 0.15) is 6.92 Å². The minimum atomic E-state index is -2.31. The van der Waals surface area contributed by atoms with Crippen molar-refractivity contribution in [3.63, 3.8) is 0 Å². The number of rotatable bonds is 4. The van der Waals surface area contributed by atoms with E-state index in [4.69, 9.17) is 11.6 Å². The zero-order valence-corrected chi connectivity index (χ0v) is 11.0. The van der Waals surface area contributed by atoms with Crippen LogP contribution in [0.5, 0.6) is 5.75 Å². The van der Waals surface area contributed by atoms with Crippen molar-refractivity contribution in [2.75, 3.05) is 6.61 Å². The molecule has 0 saturated carbocycles. The van der Waals surface area contributed by atoms with Gasteiger partial charge in [0.25, 0.3) is 0 Å². The molecule has 0 bridgehead atoms. The number of hydrogen-bond acceptors (Lipinski definition) is 3. The summed E-state index contributed by atoms with van der Waals surface area (Å²) >= 11 is 8.49. The van der Waals surface area contributed by atoms with Crippen LogP contribution < -0.4 is 4.74 Å². The van der Waals surface area contributed by atoms with E-state index in [1.807, 2.05) is 0 Å². The van der Waals surface area contributed by atoms with E-state index in [2.05, 4.69) is 25.4 Å². The molecule has 0 saturated heterocycles. The number of hydrogen-bond donors (Lipinski definition) is 0. The Balaban J connectivity index is 2.81. The summed E-state index contributed by atoms with van der Waals surface area (Å²) < 4.78 is 35.5. The van der Waals surface area contributed by atoms with Gasteiger partial charge in [0.05, 0.1) is 16.1 Å². The van der Waals surface area contributed by atoms with Gasteiger partial charge in [0.15, 0.2) is 0 Å². The van der Waals surface area contributed by atoms with Crippen LogP contribution in [-0.4, -0.2) is 18.9 Å². The highest BCUT2D eigenvalue weighted by atomic mass is 79.9. The van der Waals surface area contributed by atoms with Gasteiger partial charge in [-0.05, 0) is 28.9 Å². The molecule has 0 fully saturated rings. The van der Waals surface area contributed by atoms with Crippen LogP contribution in [0.15, 0.2) is 16.6 Å². The van der Waals surface area contributed by atoms with Gasteiger partial charge in [-0.3, -0.25) is 0 Å². The molecule has 0 radical (unpaired) electrons. The summed E-state index contributed by atoms with van der Waals surface area (Å²) in [5, 5.41) is -0.143. The molecule has 1 rings (SSSR count). The Labute approximate surface area is 110 Å². The summed E-state index contributed by atoms with van der Waals surface area (Å²) in [6.45, 7) is 1.56. The Hall–Kier alpha value is -0.880. The standard InChI is InChI=1S/C10H8BrClF2O3/c1-2-16-10(15)9(14)17-8-4-7(13)6(12)3-5(8)11/h3-4,9H,2H2,1H3. The molecule has 94 valence electrons. The van der Waals surface area contributed by atoms with Crippen molar-refractivity contribution < 1.29 is 23.0 Å². The Morgan fingerprint density at radius 1 is 1.59 bits per heavy atom. The SMILES string of the molecule is CCOC(=O)C(F)Oc1cc(F)c(Cl)cc1Br. The number of ether oxygens (including phenoxy) is 2. The first-order valence-electron chi connectivity index (χ1n) is 4.57. The van der Waals surface area contributed by atoms with Crippen molar-refractivity contribution in [3.05, 3.63) is 27.4 Å². The first-order chi connectivity index (χ1) is 7.95. The van der Waals surface area contributed by atoms with Gasteiger partial charge in [-0.1, -0.05) is 11.6 Å². The monoisotopic (exact) mass is 328 g/mol. The molecule has 1 unspecified atom stereocenters. The Kier molecular flexibility index (Phi) is 5.14. The topological polar surface area (TPSA) is 35.5 Å². The third-order valence-electron chi connectivity index (χ3n) is 1.68. The maximum absolute atomic E-state index is 13.2. The fraction of sp³-hybridized carbons (Fsp3) is 0.300. The van der Waals surface area contributed by atoms with Crippen molar-refractivity contribution in [1.82, 2.24) is 0 Å². The maximum atomic E-state index is 13.2. The van der Waals surface area contributed by atoms with Crippen LogP contribution in [0.2, 0.25) is 5.02 Å². The van der Waals surface area contributed by atoms with E-state index in [9.17, 15) is 13.6 Å². The molecule has 3 nitrogen and oxygen atoms in total. The number of esters is 1. The smallest absolute Gasteiger partial charge is 0.381 e. The van der Waals surface area contributed by atoms with Crippen molar-refractivity contribution >= 4 is 33.5 Å². The van der Waals surface area contributed by atoms with Crippen molar-refractivity contribution in [3.8, 4) is 5.75 Å².